The first-order chi connectivity index (χ1) is 8.38. The summed E-state index contributed by atoms with van der Waals surface area (Å²) in [6.07, 6.45) is 2.26. The molecule has 6 nitrogen and oxygen atoms in total. The molecule has 7 heteroatoms. The fraction of sp³-hybridized carbons (Fsp3) is 0.818. The quantitative estimate of drug-likeness (QED) is 0.605. The maximum absolute atomic E-state index is 11.7. The number of carbonyl (C=O) groups excluding carboxylic acids is 1. The topological polar surface area (TPSA) is 89.9 Å². The molecule has 0 bridgehead atoms. The zero-order chi connectivity index (χ0) is 14.1. The summed E-state index contributed by atoms with van der Waals surface area (Å²) in [6, 6.07) is -1.29. The highest BCUT2D eigenvalue weighted by Crippen LogP contribution is 2.02. The number of carboxylic acids is 1. The lowest BCUT2D eigenvalue weighted by Gasteiger charge is -2.21. The Morgan fingerprint density at radius 3 is 2.44 bits per heavy atom. The highest BCUT2D eigenvalue weighted by Gasteiger charge is 2.21. The highest BCUT2D eigenvalue weighted by molar-refractivity contribution is 7.98. The fourth-order valence-corrected chi connectivity index (χ4v) is 1.71. The summed E-state index contributed by atoms with van der Waals surface area (Å²) in [7, 11) is 1.57. The number of aliphatic hydroxyl groups is 1. The van der Waals surface area contributed by atoms with Gasteiger partial charge in [-0.15, -0.1) is 0 Å². The maximum atomic E-state index is 11.7. The Balaban J connectivity index is 4.18. The fourth-order valence-electron chi connectivity index (χ4n) is 1.23. The summed E-state index contributed by atoms with van der Waals surface area (Å²) in [5.41, 5.74) is 0. The van der Waals surface area contributed by atoms with Gasteiger partial charge in [-0.05, 0) is 31.8 Å². The molecule has 0 rings (SSSR count). The number of urea groups is 1. The molecule has 0 saturated heterocycles. The van der Waals surface area contributed by atoms with Gasteiger partial charge < -0.3 is 20.4 Å². The summed E-state index contributed by atoms with van der Waals surface area (Å²) >= 11 is 1.54. The Bertz CT molecular complexity index is 274. The Hall–Kier alpha value is -0.950. The van der Waals surface area contributed by atoms with Gasteiger partial charge in [-0.25, -0.2) is 9.59 Å². The van der Waals surface area contributed by atoms with Gasteiger partial charge in [-0.1, -0.05) is 0 Å². The van der Waals surface area contributed by atoms with Gasteiger partial charge in [0.15, 0.2) is 0 Å². The normalized spacial score (nSPS) is 13.8. The zero-order valence-electron chi connectivity index (χ0n) is 11.0. The van der Waals surface area contributed by atoms with Gasteiger partial charge >= 0.3 is 12.0 Å². The number of hydrogen-bond donors (Lipinski definition) is 3. The van der Waals surface area contributed by atoms with Crippen molar-refractivity contribution in [2.75, 3.05) is 25.6 Å². The van der Waals surface area contributed by atoms with E-state index >= 15 is 0 Å². The third-order valence-electron chi connectivity index (χ3n) is 2.44. The summed E-state index contributed by atoms with van der Waals surface area (Å²) in [4.78, 5) is 24.0. The van der Waals surface area contributed by atoms with Crippen LogP contribution in [0.1, 0.15) is 19.8 Å². The molecule has 2 unspecified atom stereocenters. The summed E-state index contributed by atoms with van der Waals surface area (Å²) < 4.78 is 0. The molecule has 0 aromatic heterocycles. The average molecular weight is 278 g/mol. The van der Waals surface area contributed by atoms with Crippen LogP contribution >= 0.6 is 11.8 Å². The van der Waals surface area contributed by atoms with E-state index in [-0.39, 0.29) is 0 Å². The van der Waals surface area contributed by atoms with Crippen molar-refractivity contribution in [3.8, 4) is 0 Å². The van der Waals surface area contributed by atoms with Crippen LogP contribution in [0.3, 0.4) is 0 Å². The third-order valence-corrected chi connectivity index (χ3v) is 3.08. The van der Waals surface area contributed by atoms with Crippen LogP contribution in [-0.2, 0) is 4.79 Å². The lowest BCUT2D eigenvalue weighted by Crippen LogP contribution is -2.47. The summed E-state index contributed by atoms with van der Waals surface area (Å²) in [6.45, 7) is 2.03. The van der Waals surface area contributed by atoms with Crippen molar-refractivity contribution in [1.82, 2.24) is 10.2 Å². The molecular weight excluding hydrogens is 256 g/mol. The van der Waals surface area contributed by atoms with Crippen LogP contribution in [0, 0.1) is 0 Å². The Morgan fingerprint density at radius 2 is 2.00 bits per heavy atom. The molecular formula is C11H22N2O4S. The van der Waals surface area contributed by atoms with E-state index in [0.29, 0.717) is 25.1 Å². The molecule has 0 aromatic carbocycles. The summed E-state index contributed by atoms with van der Waals surface area (Å²) in [5, 5.41) is 20.5. The monoisotopic (exact) mass is 278 g/mol. The second kappa shape index (κ2) is 9.04. The Labute approximate surface area is 112 Å². The second-order valence-electron chi connectivity index (χ2n) is 4.18. The van der Waals surface area contributed by atoms with E-state index in [2.05, 4.69) is 5.32 Å². The third kappa shape index (κ3) is 7.39. The lowest BCUT2D eigenvalue weighted by atomic mass is 10.2. The van der Waals surface area contributed by atoms with Gasteiger partial charge in [-0.2, -0.15) is 11.8 Å². The number of carboxylic acid groups (broad SMARTS) is 1. The van der Waals surface area contributed by atoms with Crippen molar-refractivity contribution >= 4 is 23.8 Å². The number of aliphatic carboxylic acids is 1. The van der Waals surface area contributed by atoms with Gasteiger partial charge in [0.25, 0.3) is 0 Å². The lowest BCUT2D eigenvalue weighted by molar-refractivity contribution is -0.139. The molecule has 2 atom stereocenters. The van der Waals surface area contributed by atoms with Crippen molar-refractivity contribution in [2.24, 2.45) is 0 Å². The van der Waals surface area contributed by atoms with E-state index in [4.69, 9.17) is 10.2 Å². The molecule has 0 heterocycles. The van der Waals surface area contributed by atoms with Crippen LogP contribution in [0.4, 0.5) is 4.79 Å². The van der Waals surface area contributed by atoms with E-state index in [1.54, 1.807) is 14.0 Å². The largest absolute Gasteiger partial charge is 0.480 e. The van der Waals surface area contributed by atoms with Crippen LogP contribution in [0.15, 0.2) is 0 Å². The number of aliphatic hydroxyl groups excluding tert-OH is 1. The van der Waals surface area contributed by atoms with Crippen LogP contribution in [0.5, 0.6) is 0 Å². The number of carbonyl (C=O) groups is 2. The molecule has 0 aliphatic carbocycles. The van der Waals surface area contributed by atoms with Crippen molar-refractivity contribution in [2.45, 2.75) is 31.9 Å². The number of nitrogens with zero attached hydrogens (tertiary/aromatic N) is 1. The molecule has 0 aromatic rings. The molecule has 0 aliphatic heterocycles. The molecule has 18 heavy (non-hydrogen) atoms. The summed E-state index contributed by atoms with van der Waals surface area (Å²) in [5.74, 6) is -0.351. The van der Waals surface area contributed by atoms with Crippen molar-refractivity contribution < 1.29 is 19.8 Å². The Kier molecular flexibility index (Phi) is 8.57. The first-order valence-electron chi connectivity index (χ1n) is 5.80. The van der Waals surface area contributed by atoms with Gasteiger partial charge in [0.2, 0.25) is 0 Å². The maximum Gasteiger partial charge on any atom is 0.326 e. The second-order valence-corrected chi connectivity index (χ2v) is 5.17. The van der Waals surface area contributed by atoms with Crippen LogP contribution in [0.2, 0.25) is 0 Å². The van der Waals surface area contributed by atoms with Gasteiger partial charge in [0.05, 0.1) is 6.10 Å². The van der Waals surface area contributed by atoms with Crippen LogP contribution < -0.4 is 5.32 Å². The number of rotatable bonds is 8. The number of thioether (sulfide) groups is 1. The highest BCUT2D eigenvalue weighted by atomic mass is 32.2. The molecule has 2 amide bonds. The molecule has 0 spiro atoms. The molecule has 0 aliphatic rings. The minimum atomic E-state index is -1.03. The van der Waals surface area contributed by atoms with Crippen molar-refractivity contribution in [3.63, 3.8) is 0 Å². The zero-order valence-corrected chi connectivity index (χ0v) is 11.9. The SMILES string of the molecule is CSCCC(NC(=O)N(C)CCC(C)O)C(=O)O. The standard InChI is InChI=1S/C11H22N2O4S/c1-8(14)4-6-13(2)11(17)12-9(10(15)16)5-7-18-3/h8-9,14H,4-7H2,1-3H3,(H,12,17)(H,15,16). The van der Waals surface area contributed by atoms with E-state index in [1.807, 2.05) is 6.26 Å². The van der Waals surface area contributed by atoms with Crippen molar-refractivity contribution in [1.29, 1.82) is 0 Å². The number of hydrogen-bond acceptors (Lipinski definition) is 4. The van der Waals surface area contributed by atoms with E-state index in [9.17, 15) is 9.59 Å². The predicted molar refractivity (Wildman–Crippen MR) is 71.9 cm³/mol. The van der Waals surface area contributed by atoms with Gasteiger partial charge in [0.1, 0.15) is 6.04 Å². The molecule has 3 N–H and O–H groups in total. The van der Waals surface area contributed by atoms with Gasteiger partial charge in [-0.3, -0.25) is 0 Å². The first kappa shape index (κ1) is 17.1. The predicted octanol–water partition coefficient (Wildman–Crippen LogP) is 0.605. The number of amides is 2. The molecule has 106 valence electrons. The first-order valence-corrected chi connectivity index (χ1v) is 7.19. The van der Waals surface area contributed by atoms with E-state index < -0.39 is 24.1 Å². The Morgan fingerprint density at radius 1 is 1.39 bits per heavy atom. The molecule has 0 radical (unpaired) electrons. The van der Waals surface area contributed by atoms with Crippen molar-refractivity contribution in [3.05, 3.63) is 0 Å². The minimum absolute atomic E-state index is 0.387. The molecule has 0 fully saturated rings. The average Bonchev–Trinajstić information content (AvgIpc) is 2.30. The number of nitrogens with one attached hydrogen (secondary N) is 1. The van der Waals surface area contributed by atoms with Crippen LogP contribution in [0.25, 0.3) is 0 Å². The van der Waals surface area contributed by atoms with E-state index in [1.165, 1.54) is 16.7 Å². The minimum Gasteiger partial charge on any atom is -0.480 e. The van der Waals surface area contributed by atoms with Gasteiger partial charge in [0, 0.05) is 13.6 Å². The molecule has 0 saturated carbocycles. The van der Waals surface area contributed by atoms with E-state index in [0.717, 1.165) is 0 Å². The van der Waals surface area contributed by atoms with Crippen LogP contribution in [-0.4, -0.2) is 64.9 Å². The smallest absolute Gasteiger partial charge is 0.326 e.